The summed E-state index contributed by atoms with van der Waals surface area (Å²) < 4.78 is 33.2. The van der Waals surface area contributed by atoms with Gasteiger partial charge in [-0.1, -0.05) is 12.1 Å². The second-order valence-electron chi connectivity index (χ2n) is 8.70. The Bertz CT molecular complexity index is 1360. The minimum Gasteiger partial charge on any atom is -0.494 e. The average Bonchev–Trinajstić information content (AvgIpc) is 2.93. The van der Waals surface area contributed by atoms with Gasteiger partial charge in [0.05, 0.1) is 24.7 Å². The van der Waals surface area contributed by atoms with Crippen molar-refractivity contribution >= 4 is 44.5 Å². The van der Waals surface area contributed by atoms with Crippen LogP contribution in [0.2, 0.25) is 0 Å². The van der Waals surface area contributed by atoms with E-state index in [0.29, 0.717) is 28.9 Å². The molecule has 184 valence electrons. The second-order valence-corrected chi connectivity index (χ2v) is 10.6. The Balaban J connectivity index is 1.48. The minimum absolute atomic E-state index is 0.221. The fourth-order valence-corrected chi connectivity index (χ4v) is 5.81. The van der Waals surface area contributed by atoms with Crippen molar-refractivity contribution in [3.05, 3.63) is 48.7 Å². The molecule has 35 heavy (non-hydrogen) atoms. The number of methoxy groups -OCH3 is 1. The van der Waals surface area contributed by atoms with Gasteiger partial charge >= 0.3 is 0 Å². The summed E-state index contributed by atoms with van der Waals surface area (Å²) in [6.45, 7) is 3.97. The molecule has 0 unspecified atom stereocenters. The highest BCUT2D eigenvalue weighted by Crippen LogP contribution is 2.41. The summed E-state index contributed by atoms with van der Waals surface area (Å²) in [5, 5.41) is 3.24. The van der Waals surface area contributed by atoms with Crippen LogP contribution in [0.3, 0.4) is 0 Å². The van der Waals surface area contributed by atoms with Gasteiger partial charge in [0.15, 0.2) is 5.82 Å². The van der Waals surface area contributed by atoms with Crippen LogP contribution in [0.15, 0.2) is 53.6 Å². The molecule has 0 bridgehead atoms. The maximum atomic E-state index is 13.2. The lowest BCUT2D eigenvalue weighted by atomic mass is 10.2. The van der Waals surface area contributed by atoms with E-state index in [9.17, 15) is 8.42 Å². The van der Waals surface area contributed by atoms with Gasteiger partial charge in [-0.25, -0.2) is 13.4 Å². The van der Waals surface area contributed by atoms with Crippen molar-refractivity contribution in [2.75, 3.05) is 73.9 Å². The maximum absolute atomic E-state index is 13.2. The molecule has 3 heterocycles. The molecular formula is C24H29N7O3S. The number of rotatable bonds is 4. The molecule has 0 radical (unpaired) electrons. The molecule has 0 amide bonds. The average molecular weight is 496 g/mol. The third kappa shape index (κ3) is 4.10. The van der Waals surface area contributed by atoms with Crippen LogP contribution in [0.5, 0.6) is 5.75 Å². The number of para-hydroxylation sites is 1. The first-order valence-electron chi connectivity index (χ1n) is 11.4. The first-order chi connectivity index (χ1) is 16.8. The summed E-state index contributed by atoms with van der Waals surface area (Å²) >= 11 is 0. The molecule has 2 aliphatic heterocycles. The molecule has 0 aliphatic carbocycles. The van der Waals surface area contributed by atoms with E-state index in [4.69, 9.17) is 4.74 Å². The number of aromatic nitrogens is 2. The third-order valence-corrected chi connectivity index (χ3v) is 8.39. The van der Waals surface area contributed by atoms with Crippen molar-refractivity contribution in [3.63, 3.8) is 0 Å². The van der Waals surface area contributed by atoms with Crippen molar-refractivity contribution in [1.82, 2.24) is 14.9 Å². The molecule has 11 heteroatoms. The predicted octanol–water partition coefficient (Wildman–Crippen LogP) is 2.89. The Morgan fingerprint density at radius 2 is 1.71 bits per heavy atom. The van der Waals surface area contributed by atoms with E-state index in [-0.39, 0.29) is 4.90 Å². The fraction of sp³-hybridized carbons (Fsp3) is 0.333. The highest BCUT2D eigenvalue weighted by atomic mass is 32.2. The monoisotopic (exact) mass is 495 g/mol. The molecule has 1 aromatic heterocycles. The van der Waals surface area contributed by atoms with Gasteiger partial charge in [-0.2, -0.15) is 4.98 Å². The van der Waals surface area contributed by atoms with Crippen LogP contribution in [0.25, 0.3) is 0 Å². The van der Waals surface area contributed by atoms with E-state index >= 15 is 0 Å². The van der Waals surface area contributed by atoms with Crippen LogP contribution < -0.4 is 24.2 Å². The van der Waals surface area contributed by atoms with E-state index in [0.717, 1.165) is 37.6 Å². The number of nitrogens with one attached hydrogen (secondary N) is 1. The molecule has 0 spiro atoms. The van der Waals surface area contributed by atoms with Crippen LogP contribution in [0.4, 0.5) is 34.5 Å². The maximum Gasteiger partial charge on any atom is 0.266 e. The SMILES string of the molecule is COc1cc(N2CCN(C)CC2)ccc1Nc1ncc2c(n1)N(C)c1ccccc1S(=O)(=O)N2C. The normalized spacial score (nSPS) is 17.4. The highest BCUT2D eigenvalue weighted by molar-refractivity contribution is 7.93. The molecule has 0 atom stereocenters. The van der Waals surface area contributed by atoms with Crippen molar-refractivity contribution in [1.29, 1.82) is 0 Å². The summed E-state index contributed by atoms with van der Waals surface area (Å²) in [6, 6.07) is 12.9. The van der Waals surface area contributed by atoms with Crippen molar-refractivity contribution in [2.45, 2.75) is 4.90 Å². The number of hydrogen-bond acceptors (Lipinski definition) is 9. The molecular weight excluding hydrogens is 466 g/mol. The minimum atomic E-state index is -3.74. The van der Waals surface area contributed by atoms with Crippen LogP contribution in [-0.2, 0) is 10.0 Å². The first-order valence-corrected chi connectivity index (χ1v) is 12.8. The Morgan fingerprint density at radius 1 is 0.971 bits per heavy atom. The topological polar surface area (TPSA) is 94.1 Å². The van der Waals surface area contributed by atoms with E-state index in [1.54, 1.807) is 37.3 Å². The number of sulfonamides is 1. The summed E-state index contributed by atoms with van der Waals surface area (Å²) in [4.78, 5) is 15.7. The number of piperazine rings is 1. The lowest BCUT2D eigenvalue weighted by Gasteiger charge is -2.34. The largest absolute Gasteiger partial charge is 0.494 e. The summed E-state index contributed by atoms with van der Waals surface area (Å²) in [7, 11) is 3.34. The van der Waals surface area contributed by atoms with Gasteiger partial charge in [0.1, 0.15) is 16.3 Å². The van der Waals surface area contributed by atoms with Gasteiger partial charge in [-0.3, -0.25) is 4.31 Å². The first kappa shape index (κ1) is 23.2. The predicted molar refractivity (Wildman–Crippen MR) is 138 cm³/mol. The van der Waals surface area contributed by atoms with Crippen molar-refractivity contribution < 1.29 is 13.2 Å². The highest BCUT2D eigenvalue weighted by Gasteiger charge is 2.33. The number of ether oxygens (including phenoxy) is 1. The number of fused-ring (bicyclic) bond motifs is 2. The van der Waals surface area contributed by atoms with Gasteiger partial charge in [-0.15, -0.1) is 0 Å². The molecule has 10 nitrogen and oxygen atoms in total. The molecule has 1 N–H and O–H groups in total. The van der Waals surface area contributed by atoms with Gasteiger partial charge in [0.25, 0.3) is 10.0 Å². The Morgan fingerprint density at radius 3 is 2.46 bits per heavy atom. The standard InChI is InChI=1S/C24H29N7O3S/c1-28-11-13-31(14-12-28)17-9-10-18(21(15-17)34-4)26-24-25-16-20-23(27-24)29(2)19-7-5-6-8-22(19)35(32,33)30(20)3/h5-10,15-16H,11-14H2,1-4H3,(H,25,26,27). The molecule has 0 saturated carbocycles. The van der Waals surface area contributed by atoms with Gasteiger partial charge in [-0.05, 0) is 31.3 Å². The molecule has 3 aromatic rings. The number of nitrogens with zero attached hydrogens (tertiary/aromatic N) is 6. The number of hydrogen-bond donors (Lipinski definition) is 1. The smallest absolute Gasteiger partial charge is 0.266 e. The van der Waals surface area contributed by atoms with Crippen LogP contribution in [-0.4, -0.2) is 77.7 Å². The Hall–Kier alpha value is -3.57. The third-order valence-electron chi connectivity index (χ3n) is 6.57. The zero-order valence-corrected chi connectivity index (χ0v) is 21.1. The van der Waals surface area contributed by atoms with Crippen LogP contribution >= 0.6 is 0 Å². The number of likely N-dealkylation sites (N-methyl/N-ethyl adjacent to an activating group) is 1. The molecule has 5 rings (SSSR count). The van der Waals surface area contributed by atoms with Crippen LogP contribution in [0.1, 0.15) is 0 Å². The van der Waals surface area contributed by atoms with Gasteiger partial charge < -0.3 is 24.8 Å². The van der Waals surface area contributed by atoms with Gasteiger partial charge in [0.2, 0.25) is 5.95 Å². The Labute approximate surface area is 205 Å². The van der Waals surface area contributed by atoms with E-state index in [1.807, 2.05) is 18.2 Å². The number of benzene rings is 2. The lowest BCUT2D eigenvalue weighted by molar-refractivity contribution is 0.312. The zero-order chi connectivity index (χ0) is 24.7. The molecule has 2 aliphatic rings. The van der Waals surface area contributed by atoms with E-state index in [2.05, 4.69) is 38.2 Å². The molecule has 1 saturated heterocycles. The summed E-state index contributed by atoms with van der Waals surface area (Å²) in [5.74, 6) is 1.50. The zero-order valence-electron chi connectivity index (χ0n) is 20.3. The number of anilines is 6. The van der Waals surface area contributed by atoms with Gasteiger partial charge in [0, 0.05) is 52.0 Å². The quantitative estimate of drug-likeness (QED) is 0.586. The Kier molecular flexibility index (Phi) is 5.89. The summed E-state index contributed by atoms with van der Waals surface area (Å²) in [5.41, 5.74) is 2.78. The fourth-order valence-electron chi connectivity index (χ4n) is 4.40. The van der Waals surface area contributed by atoms with Crippen molar-refractivity contribution in [2.24, 2.45) is 0 Å². The molecule has 2 aromatic carbocycles. The molecule has 1 fully saturated rings. The second kappa shape index (κ2) is 8.90. The lowest BCUT2D eigenvalue weighted by Crippen LogP contribution is -2.44. The van der Waals surface area contributed by atoms with Crippen LogP contribution in [0, 0.1) is 0 Å². The summed E-state index contributed by atoms with van der Waals surface area (Å²) in [6.07, 6.45) is 1.52. The van der Waals surface area contributed by atoms with Crippen molar-refractivity contribution in [3.8, 4) is 5.75 Å². The van der Waals surface area contributed by atoms with E-state index < -0.39 is 10.0 Å². The van der Waals surface area contributed by atoms with E-state index in [1.165, 1.54) is 17.5 Å².